The summed E-state index contributed by atoms with van der Waals surface area (Å²) >= 11 is -1.72. The lowest BCUT2D eigenvalue weighted by Gasteiger charge is -1.92. The van der Waals surface area contributed by atoms with Crippen LogP contribution in [0.25, 0.3) is 0 Å². The molecule has 0 rings (SSSR count). The van der Waals surface area contributed by atoms with Gasteiger partial charge in [-0.2, -0.15) is 0 Å². The molecule has 8 heavy (non-hydrogen) atoms. The highest BCUT2D eigenvalue weighted by atomic mass is 32.2. The molecule has 0 bridgehead atoms. The number of nitrogens with one attached hydrogen (secondary N) is 1. The van der Waals surface area contributed by atoms with Crippen molar-refractivity contribution in [3.63, 3.8) is 0 Å². The van der Waals surface area contributed by atoms with E-state index < -0.39 is 11.1 Å². The molecule has 4 nitrogen and oxygen atoms in total. The van der Waals surface area contributed by atoms with Gasteiger partial charge in [0.25, 0.3) is 0 Å². The Morgan fingerprint density at radius 3 is 2.62 bits per heavy atom. The first kappa shape index (κ1) is 8.03. The average molecular weight is 139 g/mol. The Morgan fingerprint density at radius 2 is 2.25 bits per heavy atom. The Labute approximate surface area is 50.1 Å². The Hall–Kier alpha value is 0.0300. The topological polar surface area (TPSA) is 69.6 Å². The van der Waals surface area contributed by atoms with E-state index in [-0.39, 0.29) is 5.75 Å². The third-order valence-electron chi connectivity index (χ3n) is 0.608. The third kappa shape index (κ3) is 6.03. The van der Waals surface area contributed by atoms with Crippen LogP contribution in [0.5, 0.6) is 0 Å². The zero-order valence-electron chi connectivity index (χ0n) is 4.33. The van der Waals surface area contributed by atoms with Gasteiger partial charge in [-0.05, 0) is 6.42 Å². The lowest BCUT2D eigenvalue weighted by molar-refractivity contribution is 0.167. The van der Waals surface area contributed by atoms with E-state index >= 15 is 0 Å². The van der Waals surface area contributed by atoms with Crippen molar-refractivity contribution in [3.8, 4) is 0 Å². The van der Waals surface area contributed by atoms with Crippen LogP contribution in [0.3, 0.4) is 0 Å². The fraction of sp³-hybridized carbons (Fsp3) is 1.00. The van der Waals surface area contributed by atoms with Gasteiger partial charge in [-0.1, -0.05) is 0 Å². The van der Waals surface area contributed by atoms with E-state index in [9.17, 15) is 4.21 Å². The molecule has 0 aromatic rings. The summed E-state index contributed by atoms with van der Waals surface area (Å²) in [4.78, 5) is 0. The summed E-state index contributed by atoms with van der Waals surface area (Å²) in [5.41, 5.74) is 1.88. The Balaban J connectivity index is 2.82. The maximum absolute atomic E-state index is 9.88. The maximum Gasteiger partial charge on any atom is 0.152 e. The maximum atomic E-state index is 9.88. The first-order valence-corrected chi connectivity index (χ1v) is 3.49. The molecular formula is C3H9NO3S. The fourth-order valence-electron chi connectivity index (χ4n) is 0.275. The van der Waals surface area contributed by atoms with Gasteiger partial charge in [-0.25, -0.2) is 9.69 Å². The molecule has 0 saturated carbocycles. The molecule has 0 aromatic carbocycles. The van der Waals surface area contributed by atoms with E-state index in [2.05, 4.69) is 0 Å². The van der Waals surface area contributed by atoms with Crippen molar-refractivity contribution >= 4 is 11.1 Å². The van der Waals surface area contributed by atoms with Crippen molar-refractivity contribution in [2.45, 2.75) is 6.42 Å². The smallest absolute Gasteiger partial charge is 0.152 e. The van der Waals surface area contributed by atoms with Gasteiger partial charge in [-0.15, -0.1) is 0 Å². The van der Waals surface area contributed by atoms with Crippen LogP contribution in [0.2, 0.25) is 0 Å². The van der Waals surface area contributed by atoms with Crippen LogP contribution in [-0.2, 0) is 11.1 Å². The van der Waals surface area contributed by atoms with Crippen LogP contribution in [0.4, 0.5) is 0 Å². The molecule has 1 unspecified atom stereocenters. The van der Waals surface area contributed by atoms with Crippen molar-refractivity contribution in [3.05, 3.63) is 0 Å². The zero-order chi connectivity index (χ0) is 6.41. The van der Waals surface area contributed by atoms with Crippen LogP contribution in [0.1, 0.15) is 6.42 Å². The van der Waals surface area contributed by atoms with E-state index in [1.807, 2.05) is 5.48 Å². The van der Waals surface area contributed by atoms with Gasteiger partial charge < -0.3 is 9.76 Å². The minimum absolute atomic E-state index is 0.216. The summed E-state index contributed by atoms with van der Waals surface area (Å²) in [5.74, 6) is 0.216. The van der Waals surface area contributed by atoms with Crippen molar-refractivity contribution in [2.75, 3.05) is 12.3 Å². The highest BCUT2D eigenvalue weighted by Gasteiger charge is 1.90. The second-order valence-corrected chi connectivity index (χ2v) is 2.34. The van der Waals surface area contributed by atoms with E-state index in [1.54, 1.807) is 0 Å². The third-order valence-corrected chi connectivity index (χ3v) is 1.25. The molecular weight excluding hydrogens is 130 g/mol. The fourth-order valence-corrected chi connectivity index (χ4v) is 0.666. The standard InChI is InChI=1S/C3H9NO3S/c5-4-2-1-3-8(6)7/h4-5H,1-3H2,(H,6,7). The van der Waals surface area contributed by atoms with Gasteiger partial charge in [0.15, 0.2) is 11.1 Å². The SMILES string of the molecule is O=S(O)CCCNO. The largest absolute Gasteiger partial charge is 0.317 e. The second kappa shape index (κ2) is 5.17. The Bertz CT molecular complexity index is 76.9. The first-order chi connectivity index (χ1) is 3.77. The van der Waals surface area contributed by atoms with Gasteiger partial charge in [0.05, 0.1) is 5.75 Å². The summed E-state index contributed by atoms with van der Waals surface area (Å²) < 4.78 is 18.0. The number of rotatable bonds is 4. The number of hydrogen-bond donors (Lipinski definition) is 3. The van der Waals surface area contributed by atoms with E-state index in [4.69, 9.17) is 9.76 Å². The summed E-state index contributed by atoms with van der Waals surface area (Å²) in [6.45, 7) is 0.367. The van der Waals surface area contributed by atoms with Gasteiger partial charge >= 0.3 is 0 Å². The predicted octanol–water partition coefficient (Wildman–Crippen LogP) is -0.423. The van der Waals surface area contributed by atoms with Crippen LogP contribution in [-0.4, -0.2) is 26.3 Å². The monoisotopic (exact) mass is 139 g/mol. The summed E-state index contributed by atoms with van der Waals surface area (Å²) in [6.07, 6.45) is 0.514. The lowest BCUT2D eigenvalue weighted by Crippen LogP contribution is -2.11. The zero-order valence-corrected chi connectivity index (χ0v) is 5.15. The molecule has 0 aliphatic rings. The van der Waals surface area contributed by atoms with Crippen LogP contribution >= 0.6 is 0 Å². The summed E-state index contributed by atoms with van der Waals surface area (Å²) in [5, 5.41) is 7.95. The molecule has 50 valence electrons. The van der Waals surface area contributed by atoms with E-state index in [0.717, 1.165) is 0 Å². The van der Waals surface area contributed by atoms with Crippen LogP contribution < -0.4 is 5.48 Å². The lowest BCUT2D eigenvalue weighted by atomic mass is 10.5. The highest BCUT2D eigenvalue weighted by molar-refractivity contribution is 7.79. The molecule has 0 saturated heterocycles. The second-order valence-electron chi connectivity index (χ2n) is 1.29. The van der Waals surface area contributed by atoms with Gasteiger partial charge in [0, 0.05) is 6.54 Å². The van der Waals surface area contributed by atoms with Crippen molar-refractivity contribution < 1.29 is 14.0 Å². The number of hydroxylamine groups is 1. The number of hydrogen-bond acceptors (Lipinski definition) is 3. The molecule has 0 radical (unpaired) electrons. The summed E-state index contributed by atoms with van der Waals surface area (Å²) in [7, 11) is 0. The normalized spacial score (nSPS) is 13.8. The Morgan fingerprint density at radius 1 is 1.62 bits per heavy atom. The van der Waals surface area contributed by atoms with E-state index in [0.29, 0.717) is 13.0 Å². The molecule has 0 aliphatic heterocycles. The molecule has 5 heteroatoms. The highest BCUT2D eigenvalue weighted by Crippen LogP contribution is 1.78. The molecule has 0 fully saturated rings. The Kier molecular flexibility index (Phi) is 5.19. The van der Waals surface area contributed by atoms with Crippen molar-refractivity contribution in [1.29, 1.82) is 0 Å². The van der Waals surface area contributed by atoms with E-state index in [1.165, 1.54) is 0 Å². The van der Waals surface area contributed by atoms with Gasteiger partial charge in [0.1, 0.15) is 0 Å². The van der Waals surface area contributed by atoms with Gasteiger partial charge in [-0.3, -0.25) is 0 Å². The molecule has 0 heterocycles. The molecule has 0 aliphatic carbocycles. The minimum Gasteiger partial charge on any atom is -0.317 e. The van der Waals surface area contributed by atoms with Crippen LogP contribution in [0.15, 0.2) is 0 Å². The van der Waals surface area contributed by atoms with Crippen molar-refractivity contribution in [1.82, 2.24) is 5.48 Å². The first-order valence-electron chi connectivity index (χ1n) is 2.22. The molecule has 1 atom stereocenters. The average Bonchev–Trinajstić information content (AvgIpc) is 1.66. The minimum atomic E-state index is -1.72. The molecule has 3 N–H and O–H groups in total. The quantitative estimate of drug-likeness (QED) is 0.281. The molecule has 0 spiro atoms. The van der Waals surface area contributed by atoms with Gasteiger partial charge in [0.2, 0.25) is 0 Å². The summed E-state index contributed by atoms with van der Waals surface area (Å²) in [6, 6.07) is 0. The molecule has 0 aromatic heterocycles. The van der Waals surface area contributed by atoms with Crippen molar-refractivity contribution in [2.24, 2.45) is 0 Å². The van der Waals surface area contributed by atoms with Crippen LogP contribution in [0, 0.1) is 0 Å². The predicted molar refractivity (Wildman–Crippen MR) is 30.0 cm³/mol. The molecule has 0 amide bonds.